The predicted molar refractivity (Wildman–Crippen MR) is 92.3 cm³/mol. The fourth-order valence-electron chi connectivity index (χ4n) is 2.59. The van der Waals surface area contributed by atoms with Gasteiger partial charge in [0.05, 0.1) is 12.8 Å². The summed E-state index contributed by atoms with van der Waals surface area (Å²) >= 11 is 0. The molecule has 4 aromatic rings. The van der Waals surface area contributed by atoms with E-state index in [2.05, 4.69) is 10.5 Å². The van der Waals surface area contributed by atoms with Gasteiger partial charge in [0, 0.05) is 11.5 Å². The number of hydrogen-bond acceptors (Lipinski definition) is 6. The molecule has 7 nitrogen and oxygen atoms in total. The lowest BCUT2D eigenvalue weighted by Gasteiger charge is -2.20. The summed E-state index contributed by atoms with van der Waals surface area (Å²) in [5, 5.41) is 17.9. The second-order valence-electron chi connectivity index (χ2n) is 6.16. The lowest BCUT2D eigenvalue weighted by Crippen LogP contribution is -2.38. The van der Waals surface area contributed by atoms with E-state index in [9.17, 15) is 9.90 Å². The second-order valence-corrected chi connectivity index (χ2v) is 6.16. The zero-order valence-corrected chi connectivity index (χ0v) is 13.9. The van der Waals surface area contributed by atoms with E-state index < -0.39 is 11.5 Å². The third-order valence-corrected chi connectivity index (χ3v) is 4.06. The molecule has 1 amide bonds. The number of rotatable bonds is 5. The highest BCUT2D eigenvalue weighted by atomic mass is 16.5. The molecule has 0 saturated heterocycles. The van der Waals surface area contributed by atoms with Crippen molar-refractivity contribution in [1.29, 1.82) is 0 Å². The molecule has 0 saturated carbocycles. The van der Waals surface area contributed by atoms with Crippen LogP contribution in [0.3, 0.4) is 0 Å². The predicted octanol–water partition coefficient (Wildman–Crippen LogP) is 3.32. The topological polar surface area (TPSA) is 102 Å². The van der Waals surface area contributed by atoms with Crippen LogP contribution in [0.1, 0.15) is 23.2 Å². The minimum atomic E-state index is -1.37. The summed E-state index contributed by atoms with van der Waals surface area (Å²) in [7, 11) is 0. The molecule has 0 aliphatic heterocycles. The number of carbonyl (C=O) groups excluding carboxylic acids is 1. The molecule has 1 aromatic carbocycles. The van der Waals surface area contributed by atoms with Crippen LogP contribution in [0.4, 0.5) is 0 Å². The maximum Gasteiger partial charge on any atom is 0.273 e. The summed E-state index contributed by atoms with van der Waals surface area (Å²) < 4.78 is 16.0. The summed E-state index contributed by atoms with van der Waals surface area (Å²) in [4.78, 5) is 12.3. The van der Waals surface area contributed by atoms with Gasteiger partial charge in [-0.25, -0.2) is 0 Å². The Morgan fingerprint density at radius 1 is 1.19 bits per heavy atom. The Morgan fingerprint density at radius 2 is 2.04 bits per heavy atom. The Kier molecular flexibility index (Phi) is 3.85. The minimum Gasteiger partial charge on any atom is -0.461 e. The molecule has 0 aliphatic carbocycles. The van der Waals surface area contributed by atoms with Gasteiger partial charge in [-0.15, -0.1) is 0 Å². The normalized spacial score (nSPS) is 13.6. The number of fused-ring (bicyclic) bond motifs is 1. The number of carbonyl (C=O) groups is 1. The third kappa shape index (κ3) is 3.00. The largest absolute Gasteiger partial charge is 0.461 e. The van der Waals surface area contributed by atoms with Crippen LogP contribution in [0, 0.1) is 0 Å². The SMILES string of the molecule is C[C@](O)(CNC(=O)c1cc(-c2ccco2)on1)c1cc2ccccc2o1. The first-order chi connectivity index (χ1) is 12.5. The van der Waals surface area contributed by atoms with Crippen molar-refractivity contribution < 1.29 is 23.3 Å². The summed E-state index contributed by atoms with van der Waals surface area (Å²) in [6.07, 6.45) is 1.50. The van der Waals surface area contributed by atoms with Crippen molar-refractivity contribution in [3.05, 3.63) is 66.2 Å². The van der Waals surface area contributed by atoms with Gasteiger partial charge in [0.2, 0.25) is 5.76 Å². The fourth-order valence-corrected chi connectivity index (χ4v) is 2.59. The number of para-hydroxylation sites is 1. The van der Waals surface area contributed by atoms with E-state index in [0.717, 1.165) is 5.39 Å². The van der Waals surface area contributed by atoms with E-state index >= 15 is 0 Å². The van der Waals surface area contributed by atoms with Crippen LogP contribution in [0.25, 0.3) is 22.5 Å². The van der Waals surface area contributed by atoms with Crippen molar-refractivity contribution in [2.75, 3.05) is 6.54 Å². The monoisotopic (exact) mass is 352 g/mol. The average Bonchev–Trinajstić information content (AvgIpc) is 3.39. The van der Waals surface area contributed by atoms with Gasteiger partial charge >= 0.3 is 0 Å². The standard InChI is InChI=1S/C19H16N2O5/c1-19(23,17-9-12-5-2-3-6-14(12)25-17)11-20-18(22)13-10-16(26-21-13)15-7-4-8-24-15/h2-10,23H,11H2,1H3,(H,20,22)/t19-/m0/s1. The van der Waals surface area contributed by atoms with E-state index in [-0.39, 0.29) is 12.2 Å². The molecule has 132 valence electrons. The minimum absolute atomic E-state index is 0.0470. The van der Waals surface area contributed by atoms with Crippen molar-refractivity contribution in [3.8, 4) is 11.5 Å². The Hall–Kier alpha value is -3.32. The first-order valence-electron chi connectivity index (χ1n) is 8.03. The lowest BCUT2D eigenvalue weighted by atomic mass is 10.0. The van der Waals surface area contributed by atoms with E-state index in [0.29, 0.717) is 22.9 Å². The molecule has 0 bridgehead atoms. The molecule has 0 radical (unpaired) electrons. The van der Waals surface area contributed by atoms with Crippen LogP contribution in [0.5, 0.6) is 0 Å². The van der Waals surface area contributed by atoms with Crippen molar-refractivity contribution in [2.45, 2.75) is 12.5 Å². The first-order valence-corrected chi connectivity index (χ1v) is 8.03. The quantitative estimate of drug-likeness (QED) is 0.571. The Balaban J connectivity index is 1.46. The second kappa shape index (κ2) is 6.20. The molecule has 0 fully saturated rings. The molecule has 3 aromatic heterocycles. The van der Waals surface area contributed by atoms with E-state index in [1.54, 1.807) is 25.1 Å². The molecule has 7 heteroatoms. The maximum absolute atomic E-state index is 12.3. The number of benzene rings is 1. The van der Waals surface area contributed by atoms with Crippen LogP contribution in [-0.2, 0) is 5.60 Å². The summed E-state index contributed by atoms with van der Waals surface area (Å²) in [6.45, 7) is 1.52. The van der Waals surface area contributed by atoms with Gasteiger partial charge in [0.1, 0.15) is 16.9 Å². The fraction of sp³-hybridized carbons (Fsp3) is 0.158. The van der Waals surface area contributed by atoms with Gasteiger partial charge in [0.15, 0.2) is 11.5 Å². The molecule has 0 aliphatic rings. The summed E-state index contributed by atoms with van der Waals surface area (Å²) in [5.41, 5.74) is -0.604. The van der Waals surface area contributed by atoms with Gasteiger partial charge in [-0.3, -0.25) is 4.79 Å². The lowest BCUT2D eigenvalue weighted by molar-refractivity contribution is 0.0343. The van der Waals surface area contributed by atoms with Crippen LogP contribution < -0.4 is 5.32 Å². The molecule has 2 N–H and O–H groups in total. The Morgan fingerprint density at radius 3 is 2.81 bits per heavy atom. The average molecular weight is 352 g/mol. The summed E-state index contributed by atoms with van der Waals surface area (Å²) in [5.74, 6) is 0.730. The third-order valence-electron chi connectivity index (χ3n) is 4.06. The van der Waals surface area contributed by atoms with Gasteiger partial charge in [0.25, 0.3) is 5.91 Å². The first kappa shape index (κ1) is 16.2. The Labute approximate surface area is 148 Å². The molecule has 0 unspecified atom stereocenters. The van der Waals surface area contributed by atoms with Gasteiger partial charge in [-0.2, -0.15) is 0 Å². The van der Waals surface area contributed by atoms with Crippen LogP contribution in [0.15, 0.2) is 68.2 Å². The number of nitrogens with zero attached hydrogens (tertiary/aromatic N) is 1. The van der Waals surface area contributed by atoms with Crippen molar-refractivity contribution >= 4 is 16.9 Å². The number of aliphatic hydroxyl groups is 1. The van der Waals surface area contributed by atoms with E-state index in [1.165, 1.54) is 12.3 Å². The number of furan rings is 2. The van der Waals surface area contributed by atoms with Gasteiger partial charge in [-0.1, -0.05) is 23.4 Å². The number of amides is 1. The van der Waals surface area contributed by atoms with Crippen LogP contribution >= 0.6 is 0 Å². The summed E-state index contributed by atoms with van der Waals surface area (Å²) in [6, 6.07) is 14.1. The molecule has 0 spiro atoms. The van der Waals surface area contributed by atoms with E-state index in [4.69, 9.17) is 13.4 Å². The zero-order chi connectivity index (χ0) is 18.1. The molecule has 1 atom stereocenters. The van der Waals surface area contributed by atoms with Crippen molar-refractivity contribution in [1.82, 2.24) is 10.5 Å². The van der Waals surface area contributed by atoms with Gasteiger partial charge in [-0.05, 0) is 31.2 Å². The van der Waals surface area contributed by atoms with Gasteiger partial charge < -0.3 is 23.8 Å². The molecule has 26 heavy (non-hydrogen) atoms. The van der Waals surface area contributed by atoms with Crippen molar-refractivity contribution in [3.63, 3.8) is 0 Å². The van der Waals surface area contributed by atoms with Crippen LogP contribution in [-0.4, -0.2) is 22.7 Å². The number of aromatic nitrogens is 1. The maximum atomic E-state index is 12.3. The molecule has 3 heterocycles. The van der Waals surface area contributed by atoms with Crippen molar-refractivity contribution in [2.24, 2.45) is 0 Å². The Bertz CT molecular complexity index is 1010. The number of hydrogen-bond donors (Lipinski definition) is 2. The molecular formula is C19H16N2O5. The highest BCUT2D eigenvalue weighted by Gasteiger charge is 2.29. The zero-order valence-electron chi connectivity index (χ0n) is 13.9. The van der Waals surface area contributed by atoms with E-state index in [1.807, 2.05) is 24.3 Å². The highest BCUT2D eigenvalue weighted by molar-refractivity contribution is 5.93. The molecular weight excluding hydrogens is 336 g/mol. The highest BCUT2D eigenvalue weighted by Crippen LogP contribution is 2.27. The smallest absolute Gasteiger partial charge is 0.273 e. The molecule has 4 rings (SSSR count). The number of nitrogens with one attached hydrogen (secondary N) is 1. The van der Waals surface area contributed by atoms with Crippen LogP contribution in [0.2, 0.25) is 0 Å².